The molecular weight excluding hydrogens is 400 g/mol. The Morgan fingerprint density at radius 3 is 3.10 bits per heavy atom. The van der Waals surface area contributed by atoms with Gasteiger partial charge in [0.15, 0.2) is 10.6 Å². The lowest BCUT2D eigenvalue weighted by Crippen LogP contribution is -2.56. The third-order valence-electron chi connectivity index (χ3n) is 5.45. The molecule has 0 bridgehead atoms. The molecule has 0 aliphatic carbocycles. The zero-order valence-electron chi connectivity index (χ0n) is 16.5. The van der Waals surface area contributed by atoms with E-state index in [1.165, 1.54) is 11.3 Å². The van der Waals surface area contributed by atoms with Crippen LogP contribution in [0.5, 0.6) is 0 Å². The van der Waals surface area contributed by atoms with Gasteiger partial charge in [0.05, 0.1) is 5.51 Å². The zero-order valence-corrected chi connectivity index (χ0v) is 17.3. The van der Waals surface area contributed by atoms with E-state index < -0.39 is 0 Å². The van der Waals surface area contributed by atoms with E-state index in [1.54, 1.807) is 5.51 Å². The molecule has 154 valence electrons. The summed E-state index contributed by atoms with van der Waals surface area (Å²) in [6.07, 6.45) is 1.92. The number of hydrogen-bond donors (Lipinski definition) is 3. The van der Waals surface area contributed by atoms with Crippen molar-refractivity contribution in [2.45, 2.75) is 19.5 Å². The molecule has 4 N–H and O–H groups in total. The largest absolute Gasteiger partial charge is 0.368 e. The number of amides is 2. The predicted molar refractivity (Wildman–Crippen MR) is 119 cm³/mol. The Labute approximate surface area is 176 Å². The molecule has 30 heavy (non-hydrogen) atoms. The summed E-state index contributed by atoms with van der Waals surface area (Å²) in [6, 6.07) is 8.20. The van der Waals surface area contributed by atoms with Crippen LogP contribution in [0, 0.1) is 0 Å². The molecule has 0 unspecified atom stereocenters. The number of benzene rings is 1. The lowest BCUT2D eigenvalue weighted by Gasteiger charge is -2.40. The molecule has 1 saturated heterocycles. The van der Waals surface area contributed by atoms with Gasteiger partial charge in [0, 0.05) is 43.9 Å². The Morgan fingerprint density at radius 2 is 2.23 bits per heavy atom. The third kappa shape index (κ3) is 3.39. The fourth-order valence-electron chi connectivity index (χ4n) is 3.92. The van der Waals surface area contributed by atoms with Gasteiger partial charge in [0.1, 0.15) is 5.52 Å². The van der Waals surface area contributed by atoms with Crippen LogP contribution in [-0.4, -0.2) is 56.5 Å². The monoisotopic (exact) mass is 422 g/mol. The summed E-state index contributed by atoms with van der Waals surface area (Å²) in [5.41, 5.74) is 10.6. The van der Waals surface area contributed by atoms with Gasteiger partial charge in [-0.25, -0.2) is 14.8 Å². The summed E-state index contributed by atoms with van der Waals surface area (Å²) >= 11 is 1.45. The first-order valence-electron chi connectivity index (χ1n) is 9.80. The highest BCUT2D eigenvalue weighted by Crippen LogP contribution is 2.28. The maximum absolute atomic E-state index is 12.7. The number of nitrogens with two attached hydrogens (primary N) is 1. The highest BCUT2D eigenvalue weighted by atomic mass is 32.1. The number of H-pyrrole nitrogens is 1. The van der Waals surface area contributed by atoms with Gasteiger partial charge >= 0.3 is 6.03 Å². The maximum atomic E-state index is 12.7. The number of nitrogens with zero attached hydrogens (tertiary/aromatic N) is 5. The fraction of sp³-hybridized carbons (Fsp3) is 0.300. The highest BCUT2D eigenvalue weighted by Gasteiger charge is 2.29. The molecule has 10 heteroatoms. The van der Waals surface area contributed by atoms with Crippen LogP contribution in [0.3, 0.4) is 0 Å². The van der Waals surface area contributed by atoms with E-state index in [-0.39, 0.29) is 18.0 Å². The standard InChI is InChI=1S/C20H22N8OS/c1-12-10-27(20(29)23-9-13-2-3-15-14(8-13)4-5-22-15)6-7-28(12)17-16-18(30-11-24-16)26-19(21)25-17/h2-5,8,11-12,22H,6-7,9-10H2,1H3,(H,23,29)(H2,21,25,26)/t12-/m0/s1. The number of aromatic amines is 1. The van der Waals surface area contributed by atoms with Crippen molar-refractivity contribution in [2.24, 2.45) is 0 Å². The van der Waals surface area contributed by atoms with Crippen molar-refractivity contribution in [2.75, 3.05) is 30.3 Å². The SMILES string of the molecule is C[C@H]1CN(C(=O)NCc2ccc3[nH]ccc3c2)CCN1c1nc(N)nc2scnc12. The maximum Gasteiger partial charge on any atom is 0.317 e. The van der Waals surface area contributed by atoms with Gasteiger partial charge < -0.3 is 25.8 Å². The van der Waals surface area contributed by atoms with E-state index in [0.29, 0.717) is 26.2 Å². The molecule has 4 aromatic rings. The van der Waals surface area contributed by atoms with Gasteiger partial charge in [0.2, 0.25) is 5.95 Å². The number of fused-ring (bicyclic) bond motifs is 2. The summed E-state index contributed by atoms with van der Waals surface area (Å²) < 4.78 is 0. The minimum absolute atomic E-state index is 0.0586. The summed E-state index contributed by atoms with van der Waals surface area (Å²) in [5, 5.41) is 4.18. The number of hydrogen-bond acceptors (Lipinski definition) is 7. The number of nitrogen functional groups attached to an aromatic ring is 1. The number of anilines is 2. The number of rotatable bonds is 3. The molecule has 3 aromatic heterocycles. The van der Waals surface area contributed by atoms with Crippen LogP contribution in [0.15, 0.2) is 36.0 Å². The van der Waals surface area contributed by atoms with E-state index in [0.717, 1.165) is 32.6 Å². The molecule has 0 spiro atoms. The highest BCUT2D eigenvalue weighted by molar-refractivity contribution is 7.16. The number of thiazole rings is 1. The Kier molecular flexibility index (Phi) is 4.62. The second-order valence-corrected chi connectivity index (χ2v) is 8.29. The summed E-state index contributed by atoms with van der Waals surface area (Å²) in [6.45, 7) is 4.43. The van der Waals surface area contributed by atoms with Gasteiger partial charge in [-0.1, -0.05) is 6.07 Å². The lowest BCUT2D eigenvalue weighted by molar-refractivity contribution is 0.186. The molecule has 2 amide bonds. The number of urea groups is 1. The number of nitrogens with one attached hydrogen (secondary N) is 2. The van der Waals surface area contributed by atoms with Crippen LogP contribution in [0.2, 0.25) is 0 Å². The first kappa shape index (κ1) is 18.6. The number of carbonyl (C=O) groups is 1. The van der Waals surface area contributed by atoms with Crippen LogP contribution in [0.4, 0.5) is 16.6 Å². The second kappa shape index (κ2) is 7.45. The van der Waals surface area contributed by atoms with Crippen molar-refractivity contribution < 1.29 is 4.79 Å². The van der Waals surface area contributed by atoms with Gasteiger partial charge in [-0.05, 0) is 36.1 Å². The van der Waals surface area contributed by atoms with Crippen molar-refractivity contribution in [3.05, 3.63) is 41.5 Å². The molecule has 1 aromatic carbocycles. The molecule has 5 rings (SSSR count). The van der Waals surface area contributed by atoms with Gasteiger partial charge in [-0.3, -0.25) is 0 Å². The minimum atomic E-state index is -0.0586. The van der Waals surface area contributed by atoms with Crippen LogP contribution >= 0.6 is 11.3 Å². The molecule has 0 radical (unpaired) electrons. The van der Waals surface area contributed by atoms with Gasteiger partial charge in [-0.15, -0.1) is 11.3 Å². The van der Waals surface area contributed by atoms with Crippen molar-refractivity contribution in [1.82, 2.24) is 30.2 Å². The number of carbonyl (C=O) groups excluding carboxylic acids is 1. The molecule has 1 aliphatic rings. The smallest absolute Gasteiger partial charge is 0.317 e. The Balaban J connectivity index is 1.24. The zero-order chi connectivity index (χ0) is 20.7. The summed E-state index contributed by atoms with van der Waals surface area (Å²) in [7, 11) is 0. The van der Waals surface area contributed by atoms with Gasteiger partial charge in [0.25, 0.3) is 0 Å². The molecule has 1 aliphatic heterocycles. The van der Waals surface area contributed by atoms with Crippen molar-refractivity contribution >= 4 is 50.4 Å². The first-order chi connectivity index (χ1) is 14.6. The Bertz CT molecular complexity index is 1220. The van der Waals surface area contributed by atoms with Crippen molar-refractivity contribution in [1.29, 1.82) is 0 Å². The molecular formula is C20H22N8OS. The molecule has 9 nitrogen and oxygen atoms in total. The van der Waals surface area contributed by atoms with Crippen molar-refractivity contribution in [3.8, 4) is 0 Å². The fourth-order valence-corrected chi connectivity index (χ4v) is 4.58. The molecule has 4 heterocycles. The van der Waals surface area contributed by atoms with E-state index in [9.17, 15) is 4.79 Å². The molecule has 0 saturated carbocycles. The Morgan fingerprint density at radius 1 is 1.33 bits per heavy atom. The average Bonchev–Trinajstić information content (AvgIpc) is 3.40. The van der Waals surface area contributed by atoms with E-state index in [1.807, 2.05) is 29.3 Å². The minimum Gasteiger partial charge on any atom is -0.368 e. The van der Waals surface area contributed by atoms with Crippen LogP contribution in [0.25, 0.3) is 21.3 Å². The summed E-state index contributed by atoms with van der Waals surface area (Å²) in [4.78, 5) is 33.8. The lowest BCUT2D eigenvalue weighted by atomic mass is 10.1. The summed E-state index contributed by atoms with van der Waals surface area (Å²) in [5.74, 6) is 0.986. The normalized spacial score (nSPS) is 17.0. The molecule has 1 atom stereocenters. The van der Waals surface area contributed by atoms with Gasteiger partial charge in [-0.2, -0.15) is 4.98 Å². The second-order valence-electron chi connectivity index (χ2n) is 7.46. The van der Waals surface area contributed by atoms with Crippen LogP contribution < -0.4 is 16.0 Å². The van der Waals surface area contributed by atoms with Crippen LogP contribution in [-0.2, 0) is 6.54 Å². The number of aromatic nitrogens is 4. The first-order valence-corrected chi connectivity index (χ1v) is 10.7. The predicted octanol–water partition coefficient (Wildman–Crippen LogP) is 2.57. The number of piperazine rings is 1. The van der Waals surface area contributed by atoms with E-state index in [2.05, 4.69) is 43.1 Å². The third-order valence-corrected chi connectivity index (χ3v) is 6.16. The van der Waals surface area contributed by atoms with E-state index >= 15 is 0 Å². The van der Waals surface area contributed by atoms with Crippen LogP contribution in [0.1, 0.15) is 12.5 Å². The average molecular weight is 423 g/mol. The van der Waals surface area contributed by atoms with Crippen molar-refractivity contribution in [3.63, 3.8) is 0 Å². The quantitative estimate of drug-likeness (QED) is 0.467. The van der Waals surface area contributed by atoms with E-state index in [4.69, 9.17) is 5.73 Å². The molecule has 1 fully saturated rings. The Hall–Kier alpha value is -3.40. The topological polar surface area (TPSA) is 116 Å².